The summed E-state index contributed by atoms with van der Waals surface area (Å²) in [5.74, 6) is -0.275. The van der Waals surface area contributed by atoms with Crippen molar-refractivity contribution in [3.05, 3.63) is 74.1 Å². The first-order chi connectivity index (χ1) is 11.0. The Balaban J connectivity index is 1.81. The van der Waals surface area contributed by atoms with Gasteiger partial charge in [0.2, 0.25) is 0 Å². The molecule has 0 radical (unpaired) electrons. The molecule has 0 spiro atoms. The summed E-state index contributed by atoms with van der Waals surface area (Å²) in [4.78, 5) is 26.2. The Kier molecular flexibility index (Phi) is 4.90. The highest BCUT2D eigenvalue weighted by molar-refractivity contribution is 9.10. The minimum absolute atomic E-state index is 0.225. The SMILES string of the molecule is O=C1S/C(=C\c2ccc(Br)cc2)C(=O)N1Cc1cccc(Cl)c1. The Hall–Kier alpha value is -1.56. The van der Waals surface area contributed by atoms with Gasteiger partial charge in [-0.2, -0.15) is 0 Å². The number of amides is 2. The van der Waals surface area contributed by atoms with Crippen LogP contribution in [-0.4, -0.2) is 16.0 Å². The molecule has 2 amide bonds. The van der Waals surface area contributed by atoms with Crippen LogP contribution in [0.3, 0.4) is 0 Å². The van der Waals surface area contributed by atoms with Gasteiger partial charge < -0.3 is 0 Å². The third kappa shape index (κ3) is 3.86. The zero-order valence-electron chi connectivity index (χ0n) is 11.8. The molecule has 23 heavy (non-hydrogen) atoms. The molecule has 0 aromatic heterocycles. The molecule has 1 fully saturated rings. The molecule has 1 saturated heterocycles. The Labute approximate surface area is 151 Å². The lowest BCUT2D eigenvalue weighted by atomic mass is 10.2. The van der Waals surface area contributed by atoms with Gasteiger partial charge in [-0.05, 0) is 53.2 Å². The summed E-state index contributed by atoms with van der Waals surface area (Å²) in [5, 5.41) is 0.318. The monoisotopic (exact) mass is 407 g/mol. The minimum Gasteiger partial charge on any atom is -0.268 e. The van der Waals surface area contributed by atoms with Crippen molar-refractivity contribution in [1.29, 1.82) is 0 Å². The number of carbonyl (C=O) groups is 2. The van der Waals surface area contributed by atoms with Gasteiger partial charge in [0.1, 0.15) is 0 Å². The third-order valence-electron chi connectivity index (χ3n) is 3.27. The molecule has 0 atom stereocenters. The van der Waals surface area contributed by atoms with E-state index in [0.717, 1.165) is 27.4 Å². The summed E-state index contributed by atoms with van der Waals surface area (Å²) in [5.41, 5.74) is 1.70. The number of thioether (sulfide) groups is 1. The average molecular weight is 409 g/mol. The number of benzene rings is 2. The highest BCUT2D eigenvalue weighted by Crippen LogP contribution is 2.33. The topological polar surface area (TPSA) is 37.4 Å². The van der Waals surface area contributed by atoms with E-state index in [-0.39, 0.29) is 17.7 Å². The Morgan fingerprint density at radius 3 is 2.57 bits per heavy atom. The first kappa shape index (κ1) is 16.3. The Bertz CT molecular complexity index is 804. The minimum atomic E-state index is -0.275. The molecule has 0 saturated carbocycles. The normalized spacial score (nSPS) is 16.4. The second-order valence-corrected chi connectivity index (χ2v) is 7.29. The number of imide groups is 1. The first-order valence-corrected chi connectivity index (χ1v) is 8.77. The number of hydrogen-bond donors (Lipinski definition) is 0. The number of carbonyl (C=O) groups excluding carboxylic acids is 2. The zero-order chi connectivity index (χ0) is 16.4. The number of halogens is 2. The fourth-order valence-electron chi connectivity index (χ4n) is 2.16. The maximum absolute atomic E-state index is 12.5. The second kappa shape index (κ2) is 6.91. The molecule has 3 nitrogen and oxygen atoms in total. The van der Waals surface area contributed by atoms with Crippen LogP contribution in [0.4, 0.5) is 4.79 Å². The van der Waals surface area contributed by atoms with E-state index in [2.05, 4.69) is 15.9 Å². The van der Waals surface area contributed by atoms with Gasteiger partial charge >= 0.3 is 0 Å². The molecule has 0 N–H and O–H groups in total. The van der Waals surface area contributed by atoms with Crippen LogP contribution in [0.2, 0.25) is 5.02 Å². The lowest BCUT2D eigenvalue weighted by molar-refractivity contribution is -0.123. The van der Waals surface area contributed by atoms with Gasteiger partial charge in [-0.25, -0.2) is 0 Å². The standard InChI is InChI=1S/C17H11BrClNO2S/c18-13-6-4-11(5-7-13)9-15-16(21)20(17(22)23-15)10-12-2-1-3-14(19)8-12/h1-9H,10H2/b15-9-. The second-order valence-electron chi connectivity index (χ2n) is 4.95. The number of hydrogen-bond acceptors (Lipinski definition) is 3. The lowest BCUT2D eigenvalue weighted by Gasteiger charge is -2.12. The smallest absolute Gasteiger partial charge is 0.268 e. The van der Waals surface area contributed by atoms with Crippen LogP contribution in [-0.2, 0) is 11.3 Å². The van der Waals surface area contributed by atoms with Crippen LogP contribution < -0.4 is 0 Å². The van der Waals surface area contributed by atoms with Crippen molar-refractivity contribution in [3.63, 3.8) is 0 Å². The van der Waals surface area contributed by atoms with Crippen molar-refractivity contribution in [2.45, 2.75) is 6.54 Å². The van der Waals surface area contributed by atoms with Gasteiger partial charge in [0.05, 0.1) is 11.4 Å². The molecule has 0 unspecified atom stereocenters. The van der Waals surface area contributed by atoms with Crippen molar-refractivity contribution in [2.24, 2.45) is 0 Å². The van der Waals surface area contributed by atoms with E-state index in [1.807, 2.05) is 30.3 Å². The van der Waals surface area contributed by atoms with Crippen LogP contribution in [0.1, 0.15) is 11.1 Å². The molecule has 0 bridgehead atoms. The largest absolute Gasteiger partial charge is 0.293 e. The summed E-state index contributed by atoms with van der Waals surface area (Å²) in [7, 11) is 0. The third-order valence-corrected chi connectivity index (χ3v) is 4.94. The molecule has 116 valence electrons. The summed E-state index contributed by atoms with van der Waals surface area (Å²) in [6, 6.07) is 14.7. The molecule has 6 heteroatoms. The first-order valence-electron chi connectivity index (χ1n) is 6.78. The van der Waals surface area contributed by atoms with Crippen molar-refractivity contribution in [3.8, 4) is 0 Å². The van der Waals surface area contributed by atoms with Crippen LogP contribution in [0.15, 0.2) is 57.9 Å². The van der Waals surface area contributed by atoms with Crippen molar-refractivity contribution in [1.82, 2.24) is 4.90 Å². The van der Waals surface area contributed by atoms with E-state index in [1.165, 1.54) is 4.90 Å². The Morgan fingerprint density at radius 2 is 1.87 bits per heavy atom. The molecule has 1 aliphatic heterocycles. The van der Waals surface area contributed by atoms with Crippen molar-refractivity contribution < 1.29 is 9.59 Å². The fourth-order valence-corrected chi connectivity index (χ4v) is 3.48. The predicted octanol–water partition coefficient (Wildman–Crippen LogP) is 5.34. The maximum Gasteiger partial charge on any atom is 0.293 e. The summed E-state index contributed by atoms with van der Waals surface area (Å²) in [6.45, 7) is 0.225. The number of nitrogens with zero attached hydrogens (tertiary/aromatic N) is 1. The van der Waals surface area contributed by atoms with Gasteiger partial charge in [0, 0.05) is 9.50 Å². The summed E-state index contributed by atoms with van der Waals surface area (Å²) >= 11 is 10.3. The van der Waals surface area contributed by atoms with Gasteiger partial charge in [0.25, 0.3) is 11.1 Å². The molecule has 2 aromatic rings. The molecule has 3 rings (SSSR count). The van der Waals surface area contributed by atoms with Crippen LogP contribution in [0.25, 0.3) is 6.08 Å². The number of rotatable bonds is 3. The molecule has 0 aliphatic carbocycles. The van der Waals surface area contributed by atoms with Gasteiger partial charge in [-0.1, -0.05) is 51.8 Å². The molecule has 1 heterocycles. The average Bonchev–Trinajstić information content (AvgIpc) is 2.77. The van der Waals surface area contributed by atoms with Crippen LogP contribution >= 0.6 is 39.3 Å². The fraction of sp³-hybridized carbons (Fsp3) is 0.0588. The lowest BCUT2D eigenvalue weighted by Crippen LogP contribution is -2.27. The Morgan fingerprint density at radius 1 is 1.13 bits per heavy atom. The summed E-state index contributed by atoms with van der Waals surface area (Å²) < 4.78 is 0.962. The highest BCUT2D eigenvalue weighted by atomic mass is 79.9. The maximum atomic E-state index is 12.5. The summed E-state index contributed by atoms with van der Waals surface area (Å²) in [6.07, 6.45) is 1.73. The van der Waals surface area contributed by atoms with Gasteiger partial charge in [-0.3, -0.25) is 14.5 Å². The molecular formula is C17H11BrClNO2S. The van der Waals surface area contributed by atoms with Gasteiger partial charge in [-0.15, -0.1) is 0 Å². The van der Waals surface area contributed by atoms with E-state index >= 15 is 0 Å². The predicted molar refractivity (Wildman–Crippen MR) is 97.1 cm³/mol. The van der Waals surface area contributed by atoms with E-state index in [4.69, 9.17) is 11.6 Å². The molecular weight excluding hydrogens is 398 g/mol. The van der Waals surface area contributed by atoms with Crippen LogP contribution in [0.5, 0.6) is 0 Å². The zero-order valence-corrected chi connectivity index (χ0v) is 15.0. The van der Waals surface area contributed by atoms with Crippen molar-refractivity contribution in [2.75, 3.05) is 0 Å². The van der Waals surface area contributed by atoms with E-state index in [9.17, 15) is 9.59 Å². The van der Waals surface area contributed by atoms with E-state index < -0.39 is 0 Å². The molecule has 1 aliphatic rings. The van der Waals surface area contributed by atoms with E-state index in [1.54, 1.807) is 24.3 Å². The van der Waals surface area contributed by atoms with E-state index in [0.29, 0.717) is 9.93 Å². The van der Waals surface area contributed by atoms with Gasteiger partial charge in [0.15, 0.2) is 0 Å². The highest BCUT2D eigenvalue weighted by Gasteiger charge is 2.34. The molecule has 2 aromatic carbocycles. The van der Waals surface area contributed by atoms with Crippen LogP contribution in [0, 0.1) is 0 Å². The quantitative estimate of drug-likeness (QED) is 0.643. The van der Waals surface area contributed by atoms with Crippen molar-refractivity contribution >= 4 is 56.5 Å².